The van der Waals surface area contributed by atoms with Gasteiger partial charge in [0, 0.05) is 11.8 Å². The van der Waals surface area contributed by atoms with Crippen molar-refractivity contribution in [2.24, 2.45) is 0 Å². The van der Waals surface area contributed by atoms with Crippen LogP contribution in [0, 0.1) is 0 Å². The second kappa shape index (κ2) is 5.56. The van der Waals surface area contributed by atoms with Gasteiger partial charge in [-0.1, -0.05) is 18.2 Å². The topological polar surface area (TPSA) is 78.4 Å². The van der Waals surface area contributed by atoms with Gasteiger partial charge in [-0.05, 0) is 17.7 Å². The Labute approximate surface area is 86.4 Å². The zero-order valence-electron chi connectivity index (χ0n) is 7.81. The maximum atomic E-state index is 10.7. The van der Waals surface area contributed by atoms with Gasteiger partial charge in [0.25, 0.3) is 5.91 Å². The summed E-state index contributed by atoms with van der Waals surface area (Å²) in [6.45, 7) is 0. The summed E-state index contributed by atoms with van der Waals surface area (Å²) in [6, 6.07) is 6.96. The molecular weight excluding hydrogens is 196 g/mol. The molecule has 0 aromatic heterocycles. The van der Waals surface area contributed by atoms with Crippen LogP contribution in [0.3, 0.4) is 0 Å². The molecule has 0 atom stereocenters. The SMILES string of the molecule is O=CNc1ccccc1/C=C/C(=O)NO. The molecule has 15 heavy (non-hydrogen) atoms. The Hall–Kier alpha value is -2.14. The minimum absolute atomic E-state index is 0.554. The predicted octanol–water partition coefficient (Wildman–Crippen LogP) is 0.774. The highest BCUT2D eigenvalue weighted by atomic mass is 16.5. The van der Waals surface area contributed by atoms with Gasteiger partial charge in [0.05, 0.1) is 0 Å². The molecule has 1 aromatic carbocycles. The molecule has 5 heteroatoms. The van der Waals surface area contributed by atoms with Crippen LogP contribution in [0.5, 0.6) is 0 Å². The Kier molecular flexibility index (Phi) is 4.05. The van der Waals surface area contributed by atoms with Gasteiger partial charge in [0.15, 0.2) is 0 Å². The van der Waals surface area contributed by atoms with Crippen molar-refractivity contribution in [3.05, 3.63) is 35.9 Å². The Morgan fingerprint density at radius 1 is 1.33 bits per heavy atom. The van der Waals surface area contributed by atoms with E-state index in [9.17, 15) is 9.59 Å². The number of hydrogen-bond donors (Lipinski definition) is 3. The number of anilines is 1. The Morgan fingerprint density at radius 2 is 2.07 bits per heavy atom. The molecule has 0 spiro atoms. The minimum atomic E-state index is -0.629. The molecule has 1 aromatic rings. The minimum Gasteiger partial charge on any atom is -0.328 e. The number of para-hydroxylation sites is 1. The molecule has 3 N–H and O–H groups in total. The molecule has 5 nitrogen and oxygen atoms in total. The average Bonchev–Trinajstić information content (AvgIpc) is 2.28. The summed E-state index contributed by atoms with van der Waals surface area (Å²) in [4.78, 5) is 21.0. The lowest BCUT2D eigenvalue weighted by molar-refractivity contribution is -0.124. The van der Waals surface area contributed by atoms with E-state index >= 15 is 0 Å². The van der Waals surface area contributed by atoms with Crippen LogP contribution in [0.25, 0.3) is 6.08 Å². The monoisotopic (exact) mass is 206 g/mol. The quantitative estimate of drug-likeness (QED) is 0.295. The van der Waals surface area contributed by atoms with E-state index in [1.165, 1.54) is 11.6 Å². The van der Waals surface area contributed by atoms with E-state index in [4.69, 9.17) is 5.21 Å². The summed E-state index contributed by atoms with van der Waals surface area (Å²) in [5, 5.41) is 10.8. The molecule has 0 aliphatic heterocycles. The standard InChI is InChI=1S/C10H10N2O3/c13-7-11-9-4-2-1-3-8(9)5-6-10(14)12-15/h1-7,15H,(H,11,13)(H,12,14)/b6-5+. The van der Waals surface area contributed by atoms with E-state index in [0.29, 0.717) is 17.7 Å². The smallest absolute Gasteiger partial charge is 0.267 e. The fraction of sp³-hybridized carbons (Fsp3) is 0. The fourth-order valence-electron chi connectivity index (χ4n) is 1.04. The molecule has 0 saturated carbocycles. The van der Waals surface area contributed by atoms with E-state index in [0.717, 1.165) is 6.08 Å². The maximum absolute atomic E-state index is 10.7. The zero-order chi connectivity index (χ0) is 11.1. The first-order valence-electron chi connectivity index (χ1n) is 4.19. The number of carbonyl (C=O) groups is 2. The van der Waals surface area contributed by atoms with Gasteiger partial charge in [0.1, 0.15) is 0 Å². The van der Waals surface area contributed by atoms with E-state index in [-0.39, 0.29) is 0 Å². The Morgan fingerprint density at radius 3 is 2.73 bits per heavy atom. The van der Waals surface area contributed by atoms with Crippen molar-refractivity contribution in [3.8, 4) is 0 Å². The summed E-state index contributed by atoms with van der Waals surface area (Å²) in [6.07, 6.45) is 3.20. The van der Waals surface area contributed by atoms with Crippen molar-refractivity contribution in [2.75, 3.05) is 5.32 Å². The number of hydrogen-bond acceptors (Lipinski definition) is 3. The van der Waals surface area contributed by atoms with Crippen LogP contribution in [0.15, 0.2) is 30.3 Å². The summed E-state index contributed by atoms with van der Waals surface area (Å²) in [5.74, 6) is -0.629. The Bertz CT molecular complexity index is 388. The van der Waals surface area contributed by atoms with Gasteiger partial charge in [-0.2, -0.15) is 0 Å². The number of benzene rings is 1. The van der Waals surface area contributed by atoms with E-state index in [1.807, 2.05) is 0 Å². The van der Waals surface area contributed by atoms with Gasteiger partial charge in [-0.3, -0.25) is 14.8 Å². The number of nitrogens with one attached hydrogen (secondary N) is 2. The molecule has 0 unspecified atom stereocenters. The number of hydroxylamine groups is 1. The van der Waals surface area contributed by atoms with Crippen molar-refractivity contribution >= 4 is 24.1 Å². The summed E-state index contributed by atoms with van der Waals surface area (Å²) in [5.41, 5.74) is 2.74. The lowest BCUT2D eigenvalue weighted by atomic mass is 10.1. The Balaban J connectivity index is 2.88. The maximum Gasteiger partial charge on any atom is 0.267 e. The molecule has 0 aliphatic carbocycles. The highest BCUT2D eigenvalue weighted by Gasteiger charge is 1.97. The third-order valence-electron chi connectivity index (χ3n) is 1.70. The van der Waals surface area contributed by atoms with Crippen LogP contribution in [-0.2, 0) is 9.59 Å². The fourth-order valence-corrected chi connectivity index (χ4v) is 1.04. The normalized spacial score (nSPS) is 9.93. The van der Waals surface area contributed by atoms with Crippen LogP contribution in [-0.4, -0.2) is 17.5 Å². The highest BCUT2D eigenvalue weighted by molar-refractivity contribution is 5.92. The lowest BCUT2D eigenvalue weighted by Crippen LogP contribution is -2.14. The third kappa shape index (κ3) is 3.24. The van der Waals surface area contributed by atoms with Crippen LogP contribution < -0.4 is 10.8 Å². The number of rotatable bonds is 4. The molecule has 0 fully saturated rings. The molecule has 0 aliphatic rings. The first-order chi connectivity index (χ1) is 7.27. The van der Waals surface area contributed by atoms with Crippen LogP contribution >= 0.6 is 0 Å². The number of amides is 2. The van der Waals surface area contributed by atoms with Gasteiger partial charge in [-0.25, -0.2) is 5.48 Å². The van der Waals surface area contributed by atoms with Crippen LogP contribution in [0.2, 0.25) is 0 Å². The zero-order valence-corrected chi connectivity index (χ0v) is 7.81. The predicted molar refractivity (Wildman–Crippen MR) is 55.1 cm³/mol. The van der Waals surface area contributed by atoms with Crippen molar-refractivity contribution in [1.82, 2.24) is 5.48 Å². The first-order valence-corrected chi connectivity index (χ1v) is 4.19. The molecule has 0 bridgehead atoms. The largest absolute Gasteiger partial charge is 0.328 e. The lowest BCUT2D eigenvalue weighted by Gasteiger charge is -2.02. The van der Waals surface area contributed by atoms with E-state index in [2.05, 4.69) is 5.32 Å². The molecule has 78 valence electrons. The summed E-state index contributed by atoms with van der Waals surface area (Å²) in [7, 11) is 0. The van der Waals surface area contributed by atoms with Crippen molar-refractivity contribution in [1.29, 1.82) is 0 Å². The van der Waals surface area contributed by atoms with E-state index in [1.54, 1.807) is 24.3 Å². The van der Waals surface area contributed by atoms with E-state index < -0.39 is 5.91 Å². The number of carbonyl (C=O) groups excluding carboxylic acids is 2. The third-order valence-corrected chi connectivity index (χ3v) is 1.70. The first kappa shape index (κ1) is 10.9. The average molecular weight is 206 g/mol. The van der Waals surface area contributed by atoms with Crippen molar-refractivity contribution in [2.45, 2.75) is 0 Å². The molecule has 1 rings (SSSR count). The second-order valence-corrected chi connectivity index (χ2v) is 2.66. The van der Waals surface area contributed by atoms with Crippen molar-refractivity contribution in [3.63, 3.8) is 0 Å². The highest BCUT2D eigenvalue weighted by Crippen LogP contribution is 2.15. The van der Waals surface area contributed by atoms with Crippen molar-refractivity contribution < 1.29 is 14.8 Å². The summed E-state index contributed by atoms with van der Waals surface area (Å²) < 4.78 is 0. The second-order valence-electron chi connectivity index (χ2n) is 2.66. The van der Waals surface area contributed by atoms with Crippen LogP contribution in [0.4, 0.5) is 5.69 Å². The molecule has 0 heterocycles. The van der Waals surface area contributed by atoms with Gasteiger partial charge in [0.2, 0.25) is 6.41 Å². The van der Waals surface area contributed by atoms with Gasteiger partial charge in [-0.15, -0.1) is 0 Å². The molecule has 2 amide bonds. The molecule has 0 saturated heterocycles. The summed E-state index contributed by atoms with van der Waals surface area (Å²) >= 11 is 0. The molecular formula is C10H10N2O3. The van der Waals surface area contributed by atoms with Crippen LogP contribution in [0.1, 0.15) is 5.56 Å². The van der Waals surface area contributed by atoms with Gasteiger partial charge < -0.3 is 5.32 Å². The van der Waals surface area contributed by atoms with Gasteiger partial charge >= 0.3 is 0 Å². The molecule has 0 radical (unpaired) electrons.